The Labute approximate surface area is 139 Å². The zero-order chi connectivity index (χ0) is 16.2. The van der Waals surface area contributed by atoms with Crippen LogP contribution >= 0.6 is 11.8 Å². The SMILES string of the molecule is CSc1cccc(C(C2CCOCC2)n2cc([N+](=O)[O-])cn2)c1. The zero-order valence-corrected chi connectivity index (χ0v) is 13.7. The Kier molecular flexibility index (Phi) is 4.97. The second-order valence-electron chi connectivity index (χ2n) is 5.61. The molecule has 122 valence electrons. The lowest BCUT2D eigenvalue weighted by Crippen LogP contribution is -2.27. The minimum Gasteiger partial charge on any atom is -0.381 e. The standard InChI is InChI=1S/C16H19N3O3S/c1-23-15-4-2-3-13(9-15)16(12-5-7-22-8-6-12)18-11-14(10-17-18)19(20)21/h2-4,9-12,16H,5-8H2,1H3. The molecule has 1 aromatic heterocycles. The van der Waals surface area contributed by atoms with Crippen LogP contribution in [0.4, 0.5) is 5.69 Å². The van der Waals surface area contributed by atoms with E-state index >= 15 is 0 Å². The molecule has 6 nitrogen and oxygen atoms in total. The van der Waals surface area contributed by atoms with Gasteiger partial charge >= 0.3 is 5.69 Å². The smallest absolute Gasteiger partial charge is 0.307 e. The molecule has 0 aliphatic carbocycles. The number of benzene rings is 1. The Morgan fingerprint density at radius 3 is 2.87 bits per heavy atom. The monoisotopic (exact) mass is 333 g/mol. The highest BCUT2D eigenvalue weighted by Crippen LogP contribution is 2.35. The molecular weight excluding hydrogens is 314 g/mol. The summed E-state index contributed by atoms with van der Waals surface area (Å²) in [5.74, 6) is 0.361. The van der Waals surface area contributed by atoms with Gasteiger partial charge in [0.15, 0.2) is 0 Å². The Balaban J connectivity index is 1.99. The van der Waals surface area contributed by atoms with Gasteiger partial charge < -0.3 is 4.74 Å². The zero-order valence-electron chi connectivity index (χ0n) is 12.9. The second-order valence-corrected chi connectivity index (χ2v) is 6.49. The van der Waals surface area contributed by atoms with E-state index in [1.54, 1.807) is 16.4 Å². The highest BCUT2D eigenvalue weighted by atomic mass is 32.2. The largest absolute Gasteiger partial charge is 0.381 e. The van der Waals surface area contributed by atoms with Crippen molar-refractivity contribution in [3.63, 3.8) is 0 Å². The molecule has 3 rings (SSSR count). The van der Waals surface area contributed by atoms with E-state index in [1.165, 1.54) is 17.3 Å². The van der Waals surface area contributed by atoms with Crippen molar-refractivity contribution in [2.75, 3.05) is 19.5 Å². The summed E-state index contributed by atoms with van der Waals surface area (Å²) < 4.78 is 7.21. The Hall–Kier alpha value is -1.86. The predicted octanol–water partition coefficient (Wildman–Crippen LogP) is 3.53. The van der Waals surface area contributed by atoms with E-state index in [-0.39, 0.29) is 11.7 Å². The number of nitrogens with zero attached hydrogens (tertiary/aromatic N) is 3. The van der Waals surface area contributed by atoms with Crippen molar-refractivity contribution in [2.45, 2.75) is 23.8 Å². The maximum absolute atomic E-state index is 11.0. The summed E-state index contributed by atoms with van der Waals surface area (Å²) >= 11 is 1.69. The number of hydrogen-bond acceptors (Lipinski definition) is 5. The first-order valence-corrected chi connectivity index (χ1v) is 8.82. The fourth-order valence-corrected chi connectivity index (χ4v) is 3.54. The average molecular weight is 333 g/mol. The number of rotatable bonds is 5. The molecule has 1 aliphatic heterocycles. The van der Waals surface area contributed by atoms with Crippen molar-refractivity contribution in [1.82, 2.24) is 9.78 Å². The van der Waals surface area contributed by atoms with Gasteiger partial charge in [0.1, 0.15) is 12.4 Å². The van der Waals surface area contributed by atoms with Crippen LogP contribution in [0.3, 0.4) is 0 Å². The molecule has 1 aliphatic rings. The maximum Gasteiger partial charge on any atom is 0.307 e. The Bertz CT molecular complexity index is 683. The summed E-state index contributed by atoms with van der Waals surface area (Å²) in [5.41, 5.74) is 1.17. The van der Waals surface area contributed by atoms with Gasteiger partial charge in [-0.1, -0.05) is 12.1 Å². The first-order valence-electron chi connectivity index (χ1n) is 7.59. The van der Waals surface area contributed by atoms with Gasteiger partial charge in [0.2, 0.25) is 0 Å². The molecule has 0 amide bonds. The van der Waals surface area contributed by atoms with Crippen LogP contribution in [0.1, 0.15) is 24.4 Å². The summed E-state index contributed by atoms with van der Waals surface area (Å²) in [6, 6.07) is 8.33. The lowest BCUT2D eigenvalue weighted by molar-refractivity contribution is -0.385. The van der Waals surface area contributed by atoms with Gasteiger partial charge in [-0.2, -0.15) is 5.10 Å². The van der Waals surface area contributed by atoms with Gasteiger partial charge in [-0.25, -0.2) is 0 Å². The van der Waals surface area contributed by atoms with Crippen LogP contribution in [0.25, 0.3) is 0 Å². The Morgan fingerprint density at radius 1 is 1.43 bits per heavy atom. The minimum atomic E-state index is -0.400. The van der Waals surface area contributed by atoms with E-state index < -0.39 is 4.92 Å². The summed E-state index contributed by atoms with van der Waals surface area (Å²) in [6.45, 7) is 1.46. The normalized spacial score (nSPS) is 17.1. The van der Waals surface area contributed by atoms with Gasteiger partial charge in [-0.15, -0.1) is 11.8 Å². The highest BCUT2D eigenvalue weighted by Gasteiger charge is 2.29. The molecule has 1 saturated heterocycles. The fraction of sp³-hybridized carbons (Fsp3) is 0.438. The van der Waals surface area contributed by atoms with Gasteiger partial charge in [0, 0.05) is 18.1 Å². The lowest BCUT2D eigenvalue weighted by atomic mass is 9.87. The molecule has 1 fully saturated rings. The molecule has 23 heavy (non-hydrogen) atoms. The topological polar surface area (TPSA) is 70.2 Å². The van der Waals surface area contributed by atoms with Gasteiger partial charge in [-0.3, -0.25) is 14.8 Å². The summed E-state index contributed by atoms with van der Waals surface area (Å²) in [6.07, 6.45) is 6.77. The number of hydrogen-bond donors (Lipinski definition) is 0. The predicted molar refractivity (Wildman–Crippen MR) is 88.8 cm³/mol. The molecule has 1 atom stereocenters. The van der Waals surface area contributed by atoms with E-state index in [1.807, 2.05) is 12.3 Å². The first kappa shape index (κ1) is 16.0. The number of nitro groups is 1. The van der Waals surface area contributed by atoms with E-state index in [0.717, 1.165) is 31.6 Å². The number of ether oxygens (including phenoxy) is 1. The van der Waals surface area contributed by atoms with E-state index in [0.29, 0.717) is 5.92 Å². The molecule has 1 aromatic carbocycles. The van der Waals surface area contributed by atoms with Crippen molar-refractivity contribution in [3.8, 4) is 0 Å². The van der Waals surface area contributed by atoms with Gasteiger partial charge in [-0.05, 0) is 42.7 Å². The molecule has 7 heteroatoms. The third-order valence-electron chi connectivity index (χ3n) is 4.23. The molecule has 0 saturated carbocycles. The van der Waals surface area contributed by atoms with Crippen LogP contribution in [-0.2, 0) is 4.74 Å². The van der Waals surface area contributed by atoms with Crippen molar-refractivity contribution in [2.24, 2.45) is 5.92 Å². The lowest BCUT2D eigenvalue weighted by Gasteiger charge is -2.31. The van der Waals surface area contributed by atoms with Crippen molar-refractivity contribution >= 4 is 17.4 Å². The third kappa shape index (κ3) is 3.56. The third-order valence-corrected chi connectivity index (χ3v) is 4.96. The van der Waals surface area contributed by atoms with Crippen LogP contribution in [0, 0.1) is 16.0 Å². The number of thioether (sulfide) groups is 1. The summed E-state index contributed by atoms with van der Waals surface area (Å²) in [4.78, 5) is 11.8. The molecule has 0 N–H and O–H groups in total. The molecule has 1 unspecified atom stereocenters. The molecule has 0 spiro atoms. The highest BCUT2D eigenvalue weighted by molar-refractivity contribution is 7.98. The van der Waals surface area contributed by atoms with Crippen LogP contribution in [0.15, 0.2) is 41.6 Å². The van der Waals surface area contributed by atoms with Crippen molar-refractivity contribution < 1.29 is 9.66 Å². The van der Waals surface area contributed by atoms with E-state index in [9.17, 15) is 10.1 Å². The van der Waals surface area contributed by atoms with Crippen LogP contribution in [-0.4, -0.2) is 34.2 Å². The van der Waals surface area contributed by atoms with E-state index in [2.05, 4.69) is 23.3 Å². The summed E-state index contributed by atoms with van der Waals surface area (Å²) in [5, 5.41) is 15.3. The molecule has 0 bridgehead atoms. The second kappa shape index (κ2) is 7.14. The Morgan fingerprint density at radius 2 is 2.22 bits per heavy atom. The summed E-state index contributed by atoms with van der Waals surface area (Å²) in [7, 11) is 0. The van der Waals surface area contributed by atoms with Crippen LogP contribution < -0.4 is 0 Å². The fourth-order valence-electron chi connectivity index (χ4n) is 3.07. The molecular formula is C16H19N3O3S. The average Bonchev–Trinajstić information content (AvgIpc) is 3.06. The quantitative estimate of drug-likeness (QED) is 0.475. The van der Waals surface area contributed by atoms with Gasteiger partial charge in [0.05, 0.1) is 11.0 Å². The van der Waals surface area contributed by atoms with E-state index in [4.69, 9.17) is 4.74 Å². The minimum absolute atomic E-state index is 0.000278. The van der Waals surface area contributed by atoms with Crippen molar-refractivity contribution in [1.29, 1.82) is 0 Å². The molecule has 2 heterocycles. The first-order chi connectivity index (χ1) is 11.2. The van der Waals surface area contributed by atoms with Crippen molar-refractivity contribution in [3.05, 3.63) is 52.3 Å². The number of aromatic nitrogens is 2. The molecule has 2 aromatic rings. The molecule has 0 radical (unpaired) electrons. The van der Waals surface area contributed by atoms with Gasteiger partial charge in [0.25, 0.3) is 0 Å². The maximum atomic E-state index is 11.0. The van der Waals surface area contributed by atoms with Crippen LogP contribution in [0.5, 0.6) is 0 Å². The van der Waals surface area contributed by atoms with Crippen LogP contribution in [0.2, 0.25) is 0 Å².